The predicted molar refractivity (Wildman–Crippen MR) is 87.4 cm³/mol. The smallest absolute Gasteiger partial charge is 0.319 e. The third-order valence-electron chi connectivity index (χ3n) is 4.26. The van der Waals surface area contributed by atoms with Crippen molar-refractivity contribution in [3.8, 4) is 11.5 Å². The van der Waals surface area contributed by atoms with E-state index in [0.29, 0.717) is 30.2 Å². The molecule has 1 spiro atoms. The first-order chi connectivity index (χ1) is 11.6. The normalized spacial score (nSPS) is 17.5. The monoisotopic (exact) mass is 334 g/mol. The third-order valence-corrected chi connectivity index (χ3v) is 4.26. The van der Waals surface area contributed by atoms with Crippen molar-refractivity contribution in [2.24, 2.45) is 0 Å². The Labute approximate surface area is 140 Å². The zero-order valence-corrected chi connectivity index (χ0v) is 13.5. The van der Waals surface area contributed by atoms with Crippen LogP contribution in [-0.2, 0) is 4.79 Å². The Morgan fingerprint density at radius 2 is 1.88 bits per heavy atom. The summed E-state index contributed by atoms with van der Waals surface area (Å²) >= 11 is 0. The maximum absolute atomic E-state index is 11.8. The van der Waals surface area contributed by atoms with Crippen LogP contribution in [0, 0.1) is 0 Å². The molecular formula is C17H22N2O5. The van der Waals surface area contributed by atoms with Crippen molar-refractivity contribution < 1.29 is 24.2 Å². The quantitative estimate of drug-likeness (QED) is 0.719. The highest BCUT2D eigenvalue weighted by Crippen LogP contribution is 2.46. The molecule has 1 saturated carbocycles. The second-order valence-corrected chi connectivity index (χ2v) is 6.22. The Kier molecular flexibility index (Phi) is 4.78. The topological polar surface area (TPSA) is 96.9 Å². The van der Waals surface area contributed by atoms with E-state index in [2.05, 4.69) is 10.6 Å². The van der Waals surface area contributed by atoms with E-state index in [9.17, 15) is 9.59 Å². The van der Waals surface area contributed by atoms with Gasteiger partial charge in [0, 0.05) is 37.6 Å². The Bertz CT molecular complexity index is 625. The van der Waals surface area contributed by atoms with Gasteiger partial charge in [-0.3, -0.25) is 4.79 Å². The fourth-order valence-electron chi connectivity index (χ4n) is 3.08. The number of urea groups is 1. The molecule has 2 amide bonds. The van der Waals surface area contributed by atoms with Crippen LogP contribution in [0.4, 0.5) is 10.5 Å². The van der Waals surface area contributed by atoms with Crippen LogP contribution in [0.2, 0.25) is 0 Å². The van der Waals surface area contributed by atoms with Crippen LogP contribution in [0.1, 0.15) is 44.9 Å². The van der Waals surface area contributed by atoms with Crippen molar-refractivity contribution >= 4 is 17.7 Å². The number of ether oxygens (including phenoxy) is 2. The third kappa shape index (κ3) is 3.90. The molecular weight excluding hydrogens is 312 g/mol. The summed E-state index contributed by atoms with van der Waals surface area (Å²) in [7, 11) is 0. The van der Waals surface area contributed by atoms with E-state index in [-0.39, 0.29) is 12.5 Å². The van der Waals surface area contributed by atoms with Gasteiger partial charge in [-0.25, -0.2) is 4.79 Å². The molecule has 0 aromatic heterocycles. The lowest BCUT2D eigenvalue weighted by molar-refractivity contribution is -0.137. The zero-order valence-electron chi connectivity index (χ0n) is 13.5. The number of nitrogens with one attached hydrogen (secondary N) is 2. The van der Waals surface area contributed by atoms with Crippen LogP contribution in [-0.4, -0.2) is 29.4 Å². The molecule has 1 aliphatic heterocycles. The standard InChI is InChI=1S/C17H22N2O5/c20-15(21)5-4-10-18-16(22)19-12-6-7-13-14(11-12)24-17(23-13)8-2-1-3-9-17/h6-7,11H,1-5,8-10H2,(H,20,21)(H2,18,19,22). The van der Waals surface area contributed by atoms with Crippen molar-refractivity contribution in [1.82, 2.24) is 5.32 Å². The van der Waals surface area contributed by atoms with Crippen molar-refractivity contribution in [3.05, 3.63) is 18.2 Å². The molecule has 1 fully saturated rings. The summed E-state index contributed by atoms with van der Waals surface area (Å²) in [6, 6.07) is 4.96. The first-order valence-corrected chi connectivity index (χ1v) is 8.35. The number of anilines is 1. The maximum atomic E-state index is 11.8. The Hall–Kier alpha value is -2.44. The zero-order chi connectivity index (χ0) is 17.0. The van der Waals surface area contributed by atoms with Crippen molar-refractivity contribution in [2.75, 3.05) is 11.9 Å². The van der Waals surface area contributed by atoms with Gasteiger partial charge in [-0.1, -0.05) is 6.42 Å². The summed E-state index contributed by atoms with van der Waals surface area (Å²) in [5.41, 5.74) is 0.612. The molecule has 0 atom stereocenters. The second kappa shape index (κ2) is 6.98. The minimum Gasteiger partial charge on any atom is -0.481 e. The van der Waals surface area contributed by atoms with E-state index in [1.165, 1.54) is 6.42 Å². The van der Waals surface area contributed by atoms with E-state index in [0.717, 1.165) is 25.7 Å². The number of aliphatic carboxylic acids is 1. The number of benzene rings is 1. The van der Waals surface area contributed by atoms with E-state index in [1.54, 1.807) is 18.2 Å². The van der Waals surface area contributed by atoms with Crippen LogP contribution < -0.4 is 20.1 Å². The highest BCUT2D eigenvalue weighted by atomic mass is 16.7. The molecule has 1 aromatic rings. The van der Waals surface area contributed by atoms with Gasteiger partial charge in [-0.15, -0.1) is 0 Å². The predicted octanol–water partition coefficient (Wildman–Crippen LogP) is 3.10. The number of amides is 2. The van der Waals surface area contributed by atoms with Crippen LogP contribution >= 0.6 is 0 Å². The summed E-state index contributed by atoms with van der Waals surface area (Å²) in [4.78, 5) is 22.2. The Morgan fingerprint density at radius 1 is 1.12 bits per heavy atom. The number of carboxylic acids is 1. The lowest BCUT2D eigenvalue weighted by Gasteiger charge is -2.31. The van der Waals surface area contributed by atoms with E-state index < -0.39 is 11.8 Å². The number of rotatable bonds is 5. The van der Waals surface area contributed by atoms with Crippen LogP contribution in [0.5, 0.6) is 11.5 Å². The summed E-state index contributed by atoms with van der Waals surface area (Å²) < 4.78 is 12.0. The largest absolute Gasteiger partial charge is 0.481 e. The number of fused-ring (bicyclic) bond motifs is 1. The average molecular weight is 334 g/mol. The summed E-state index contributed by atoms with van der Waals surface area (Å²) in [6.45, 7) is 0.311. The van der Waals surface area contributed by atoms with Gasteiger partial charge >= 0.3 is 12.0 Å². The molecule has 3 N–H and O–H groups in total. The molecule has 24 heavy (non-hydrogen) atoms. The molecule has 0 bridgehead atoms. The number of carbonyl (C=O) groups excluding carboxylic acids is 1. The van der Waals surface area contributed by atoms with Crippen molar-refractivity contribution in [3.63, 3.8) is 0 Å². The van der Waals surface area contributed by atoms with Gasteiger partial charge in [0.1, 0.15) is 0 Å². The molecule has 130 valence electrons. The molecule has 2 aliphatic rings. The van der Waals surface area contributed by atoms with Crippen LogP contribution in [0.25, 0.3) is 0 Å². The molecule has 0 saturated heterocycles. The molecule has 0 radical (unpaired) electrons. The summed E-state index contributed by atoms with van der Waals surface area (Å²) in [6.07, 6.45) is 5.59. The highest BCUT2D eigenvalue weighted by Gasteiger charge is 2.42. The first kappa shape index (κ1) is 16.4. The SMILES string of the molecule is O=C(O)CCCNC(=O)Nc1ccc2c(c1)OC1(CCCCC1)O2. The van der Waals surface area contributed by atoms with Gasteiger partial charge in [-0.05, 0) is 31.4 Å². The molecule has 7 nitrogen and oxygen atoms in total. The fraction of sp³-hybridized carbons (Fsp3) is 0.529. The number of hydrogen-bond acceptors (Lipinski definition) is 4. The number of hydrogen-bond donors (Lipinski definition) is 3. The van der Waals surface area contributed by atoms with E-state index in [4.69, 9.17) is 14.6 Å². The first-order valence-electron chi connectivity index (χ1n) is 8.35. The van der Waals surface area contributed by atoms with Gasteiger partial charge in [0.25, 0.3) is 5.79 Å². The van der Waals surface area contributed by atoms with E-state index >= 15 is 0 Å². The van der Waals surface area contributed by atoms with Crippen molar-refractivity contribution in [2.45, 2.75) is 50.7 Å². The number of carbonyl (C=O) groups is 2. The van der Waals surface area contributed by atoms with Crippen LogP contribution in [0.15, 0.2) is 18.2 Å². The lowest BCUT2D eigenvalue weighted by Crippen LogP contribution is -2.40. The second-order valence-electron chi connectivity index (χ2n) is 6.22. The molecule has 7 heteroatoms. The minimum atomic E-state index is -0.871. The Morgan fingerprint density at radius 3 is 2.62 bits per heavy atom. The maximum Gasteiger partial charge on any atom is 0.319 e. The van der Waals surface area contributed by atoms with Gasteiger partial charge in [0.05, 0.1) is 0 Å². The van der Waals surface area contributed by atoms with E-state index in [1.807, 2.05) is 0 Å². The summed E-state index contributed by atoms with van der Waals surface area (Å²) in [5.74, 6) is -0.0345. The van der Waals surface area contributed by atoms with Crippen molar-refractivity contribution in [1.29, 1.82) is 0 Å². The number of carboxylic acid groups (broad SMARTS) is 1. The molecule has 1 heterocycles. The average Bonchev–Trinajstić information content (AvgIpc) is 2.88. The van der Waals surface area contributed by atoms with Gasteiger partial charge in [0.15, 0.2) is 11.5 Å². The molecule has 0 unspecified atom stereocenters. The van der Waals surface area contributed by atoms with Crippen LogP contribution in [0.3, 0.4) is 0 Å². The molecule has 1 aliphatic carbocycles. The molecule has 1 aromatic carbocycles. The minimum absolute atomic E-state index is 0.0341. The van der Waals surface area contributed by atoms with Gasteiger partial charge in [-0.2, -0.15) is 0 Å². The van der Waals surface area contributed by atoms with Gasteiger partial charge in [0.2, 0.25) is 0 Å². The van der Waals surface area contributed by atoms with Gasteiger partial charge < -0.3 is 25.2 Å². The molecule has 3 rings (SSSR count). The highest BCUT2D eigenvalue weighted by molar-refractivity contribution is 5.89. The Balaban J connectivity index is 1.53. The summed E-state index contributed by atoms with van der Waals surface area (Å²) in [5, 5.41) is 13.9. The fourth-order valence-corrected chi connectivity index (χ4v) is 3.08. The lowest BCUT2D eigenvalue weighted by atomic mass is 9.94.